The highest BCUT2D eigenvalue weighted by molar-refractivity contribution is 5.83. The molecule has 0 atom stereocenters. The number of nitrogens with one attached hydrogen (secondary N) is 2. The summed E-state index contributed by atoms with van der Waals surface area (Å²) in [5.74, 6) is -0.593. The van der Waals surface area contributed by atoms with E-state index in [1.807, 2.05) is 4.98 Å². The first-order valence-electron chi connectivity index (χ1n) is 5.87. The number of carbonyl (C=O) groups excluding carboxylic acids is 1. The number of furan rings is 1. The Hall–Kier alpha value is -3.10. The first-order valence-corrected chi connectivity index (χ1v) is 5.87. The van der Waals surface area contributed by atoms with E-state index in [9.17, 15) is 19.5 Å². The summed E-state index contributed by atoms with van der Waals surface area (Å²) in [7, 11) is 0. The lowest BCUT2D eigenvalue weighted by Crippen LogP contribution is -2.32. The second kappa shape index (κ2) is 5.90. The summed E-state index contributed by atoms with van der Waals surface area (Å²) >= 11 is 0. The Morgan fingerprint density at radius 3 is 2.95 bits per heavy atom. The van der Waals surface area contributed by atoms with Gasteiger partial charge in [-0.1, -0.05) is 0 Å². The van der Waals surface area contributed by atoms with Gasteiger partial charge in [-0.2, -0.15) is 5.10 Å². The molecule has 0 unspecified atom stereocenters. The Balaban J connectivity index is 2.42. The second-order valence-electron chi connectivity index (χ2n) is 4.09. The molecule has 0 saturated heterocycles. The summed E-state index contributed by atoms with van der Waals surface area (Å²) in [6.45, 7) is 1.18. The van der Waals surface area contributed by atoms with Crippen LogP contribution in [0.15, 0.2) is 37.5 Å². The number of hydrazone groups is 1. The van der Waals surface area contributed by atoms with Crippen LogP contribution in [0.3, 0.4) is 0 Å². The van der Waals surface area contributed by atoms with Gasteiger partial charge in [-0.3, -0.25) is 19.1 Å². The molecule has 9 nitrogen and oxygen atoms in total. The largest absolute Gasteiger partial charge is 0.494 e. The predicted molar refractivity (Wildman–Crippen MR) is 72.2 cm³/mol. The molecule has 2 heterocycles. The maximum atomic E-state index is 11.7. The molecular formula is C12H12N4O5. The number of hydrogen-bond donors (Lipinski definition) is 3. The molecule has 21 heavy (non-hydrogen) atoms. The number of aromatic amines is 1. The summed E-state index contributed by atoms with van der Waals surface area (Å²) in [5.41, 5.74) is 0.230. The third kappa shape index (κ3) is 3.26. The molecule has 0 radical (unpaired) electrons. The van der Waals surface area contributed by atoms with Crippen molar-refractivity contribution in [1.29, 1.82) is 0 Å². The molecular weight excluding hydrogens is 280 g/mol. The topological polar surface area (TPSA) is 130 Å². The van der Waals surface area contributed by atoms with Gasteiger partial charge in [-0.25, -0.2) is 10.2 Å². The standard InChI is InChI=1S/C12H12N4O5/c1-7(17)15-13-5-9-10(18)14-12(20)16(11(9)19)6-8-3-2-4-21-8/h2-5,19H,6H2,1H3,(H,15,17)(H,14,18,20)/b13-5+. The lowest BCUT2D eigenvalue weighted by molar-refractivity contribution is -0.118. The summed E-state index contributed by atoms with van der Waals surface area (Å²) in [6.07, 6.45) is 2.37. The fourth-order valence-corrected chi connectivity index (χ4v) is 1.58. The van der Waals surface area contributed by atoms with Crippen LogP contribution in [0.1, 0.15) is 18.2 Å². The Morgan fingerprint density at radius 1 is 1.57 bits per heavy atom. The molecule has 3 N–H and O–H groups in total. The van der Waals surface area contributed by atoms with Crippen LogP contribution in [0.2, 0.25) is 0 Å². The fourth-order valence-electron chi connectivity index (χ4n) is 1.58. The zero-order valence-electron chi connectivity index (χ0n) is 11.0. The quantitative estimate of drug-likeness (QED) is 0.509. The molecule has 0 aliphatic rings. The Kier molecular flexibility index (Phi) is 4.02. The summed E-state index contributed by atoms with van der Waals surface area (Å²) in [6, 6.07) is 3.24. The van der Waals surface area contributed by atoms with Gasteiger partial charge in [0.2, 0.25) is 11.8 Å². The second-order valence-corrected chi connectivity index (χ2v) is 4.09. The smallest absolute Gasteiger partial charge is 0.331 e. The van der Waals surface area contributed by atoms with E-state index in [0.717, 1.165) is 10.8 Å². The van der Waals surface area contributed by atoms with E-state index in [-0.39, 0.29) is 12.1 Å². The third-order valence-electron chi connectivity index (χ3n) is 2.52. The number of aromatic hydroxyl groups is 1. The maximum absolute atomic E-state index is 11.7. The number of amides is 1. The first kappa shape index (κ1) is 14.3. The molecule has 2 aromatic rings. The van der Waals surface area contributed by atoms with Gasteiger partial charge in [0.1, 0.15) is 11.3 Å². The lowest BCUT2D eigenvalue weighted by atomic mass is 10.3. The van der Waals surface area contributed by atoms with Crippen LogP contribution in [0.4, 0.5) is 0 Å². The maximum Gasteiger partial charge on any atom is 0.331 e. The van der Waals surface area contributed by atoms with Crippen molar-refractivity contribution in [2.45, 2.75) is 13.5 Å². The van der Waals surface area contributed by atoms with Crippen molar-refractivity contribution < 1.29 is 14.3 Å². The van der Waals surface area contributed by atoms with Crippen molar-refractivity contribution in [3.8, 4) is 5.88 Å². The molecule has 1 amide bonds. The predicted octanol–water partition coefficient (Wildman–Crippen LogP) is -0.647. The van der Waals surface area contributed by atoms with Crippen LogP contribution < -0.4 is 16.7 Å². The summed E-state index contributed by atoms with van der Waals surface area (Å²) < 4.78 is 5.99. The van der Waals surface area contributed by atoms with Crippen molar-refractivity contribution in [3.05, 3.63) is 50.6 Å². The van der Waals surface area contributed by atoms with Gasteiger partial charge in [-0.15, -0.1) is 0 Å². The number of rotatable bonds is 4. The number of carbonyl (C=O) groups is 1. The number of hydrogen-bond acceptors (Lipinski definition) is 6. The zero-order valence-corrected chi connectivity index (χ0v) is 11.0. The van der Waals surface area contributed by atoms with Gasteiger partial charge < -0.3 is 9.52 Å². The fraction of sp³-hybridized carbons (Fsp3) is 0.167. The highest BCUT2D eigenvalue weighted by atomic mass is 16.3. The molecule has 9 heteroatoms. The Morgan fingerprint density at radius 2 is 2.33 bits per heavy atom. The highest BCUT2D eigenvalue weighted by Gasteiger charge is 2.13. The monoisotopic (exact) mass is 292 g/mol. The van der Waals surface area contributed by atoms with E-state index < -0.39 is 23.0 Å². The number of H-pyrrole nitrogens is 1. The first-order chi connectivity index (χ1) is 9.99. The van der Waals surface area contributed by atoms with E-state index in [0.29, 0.717) is 5.76 Å². The SMILES string of the molecule is CC(=O)N/N=C/c1c(O)n(Cc2ccco2)c(=O)[nH]c1=O. The van der Waals surface area contributed by atoms with Gasteiger partial charge in [0.25, 0.3) is 5.56 Å². The van der Waals surface area contributed by atoms with Gasteiger partial charge >= 0.3 is 5.69 Å². The Bertz CT molecular complexity index is 785. The number of nitrogens with zero attached hydrogens (tertiary/aromatic N) is 2. The average Bonchev–Trinajstić information content (AvgIpc) is 2.91. The van der Waals surface area contributed by atoms with E-state index in [2.05, 4.69) is 10.5 Å². The van der Waals surface area contributed by atoms with Crippen molar-refractivity contribution in [3.63, 3.8) is 0 Å². The minimum atomic E-state index is -0.817. The highest BCUT2D eigenvalue weighted by Crippen LogP contribution is 2.11. The minimum Gasteiger partial charge on any atom is -0.494 e. The molecule has 0 aliphatic carbocycles. The minimum absolute atomic E-state index is 0.0601. The molecule has 0 saturated carbocycles. The zero-order chi connectivity index (χ0) is 15.4. The van der Waals surface area contributed by atoms with Crippen molar-refractivity contribution >= 4 is 12.1 Å². The van der Waals surface area contributed by atoms with Crippen LogP contribution in [0.5, 0.6) is 5.88 Å². The summed E-state index contributed by atoms with van der Waals surface area (Å²) in [5, 5.41) is 13.5. The lowest BCUT2D eigenvalue weighted by Gasteiger charge is -2.07. The van der Waals surface area contributed by atoms with Crippen molar-refractivity contribution in [2.75, 3.05) is 0 Å². The van der Waals surface area contributed by atoms with Crippen LogP contribution in [0.25, 0.3) is 0 Å². The molecule has 0 bridgehead atoms. The van der Waals surface area contributed by atoms with Crippen molar-refractivity contribution in [2.24, 2.45) is 5.10 Å². The molecule has 110 valence electrons. The average molecular weight is 292 g/mol. The van der Waals surface area contributed by atoms with Gasteiger partial charge in [0, 0.05) is 6.92 Å². The molecule has 0 spiro atoms. The van der Waals surface area contributed by atoms with Crippen LogP contribution >= 0.6 is 0 Å². The van der Waals surface area contributed by atoms with E-state index >= 15 is 0 Å². The van der Waals surface area contributed by atoms with Gasteiger partial charge in [0.05, 0.1) is 19.0 Å². The van der Waals surface area contributed by atoms with Gasteiger partial charge in [-0.05, 0) is 12.1 Å². The molecule has 2 rings (SSSR count). The van der Waals surface area contributed by atoms with Crippen molar-refractivity contribution in [1.82, 2.24) is 15.0 Å². The molecule has 2 aromatic heterocycles. The van der Waals surface area contributed by atoms with Crippen LogP contribution in [-0.2, 0) is 11.3 Å². The van der Waals surface area contributed by atoms with Crippen LogP contribution in [0, 0.1) is 0 Å². The van der Waals surface area contributed by atoms with E-state index in [1.165, 1.54) is 13.2 Å². The Labute approximate surface area is 117 Å². The molecule has 0 aromatic carbocycles. The normalized spacial score (nSPS) is 10.9. The number of aromatic nitrogens is 2. The van der Waals surface area contributed by atoms with E-state index in [1.54, 1.807) is 12.1 Å². The third-order valence-corrected chi connectivity index (χ3v) is 2.52. The molecule has 0 aliphatic heterocycles. The molecule has 0 fully saturated rings. The van der Waals surface area contributed by atoms with E-state index in [4.69, 9.17) is 4.42 Å². The summed E-state index contributed by atoms with van der Waals surface area (Å²) in [4.78, 5) is 36.1. The van der Waals surface area contributed by atoms with Gasteiger partial charge in [0.15, 0.2) is 0 Å². The van der Waals surface area contributed by atoms with Crippen LogP contribution in [-0.4, -0.2) is 26.8 Å².